The molecule has 2 aromatic carbocycles. The molecule has 6 nitrogen and oxygen atoms in total. The van der Waals surface area contributed by atoms with Gasteiger partial charge in [0, 0.05) is 43.7 Å². The van der Waals surface area contributed by atoms with Crippen LogP contribution in [0.4, 0.5) is 8.78 Å². The molecular weight excluding hydrogens is 584 g/mol. The molecule has 0 saturated heterocycles. The van der Waals surface area contributed by atoms with Gasteiger partial charge in [0.25, 0.3) is 0 Å². The molecule has 2 aromatic rings. The van der Waals surface area contributed by atoms with Crippen LogP contribution in [0.25, 0.3) is 0 Å². The van der Waals surface area contributed by atoms with E-state index in [0.717, 1.165) is 50.2 Å². The number of allylic oxidation sites excluding steroid dienone is 3. The maximum atomic E-state index is 14.3. The van der Waals surface area contributed by atoms with Gasteiger partial charge in [0.1, 0.15) is 11.6 Å². The van der Waals surface area contributed by atoms with Crippen molar-refractivity contribution >= 4 is 11.8 Å². The Bertz CT molecular complexity index is 1380. The van der Waals surface area contributed by atoms with E-state index in [1.807, 2.05) is 32.1 Å². The Hall–Kier alpha value is -3.62. The summed E-state index contributed by atoms with van der Waals surface area (Å²) < 4.78 is 28.6. The van der Waals surface area contributed by atoms with Crippen molar-refractivity contribution in [2.45, 2.75) is 84.8 Å². The monoisotopic (exact) mass is 635 g/mol. The lowest BCUT2D eigenvalue weighted by atomic mass is 9.63. The number of nitrogens with one attached hydrogen (secondary N) is 1. The third-order valence-electron chi connectivity index (χ3n) is 8.68. The molecule has 0 spiro atoms. The molecule has 1 aliphatic carbocycles. The molecule has 2 amide bonds. The van der Waals surface area contributed by atoms with E-state index in [0.29, 0.717) is 36.3 Å². The van der Waals surface area contributed by atoms with E-state index in [1.54, 1.807) is 24.0 Å². The number of aliphatic hydroxyl groups is 1. The van der Waals surface area contributed by atoms with Crippen molar-refractivity contribution in [1.29, 1.82) is 0 Å². The first-order valence-corrected chi connectivity index (χ1v) is 16.5. The molecule has 0 radical (unpaired) electrons. The lowest BCUT2D eigenvalue weighted by Gasteiger charge is -2.42. The molecule has 1 aliphatic rings. The summed E-state index contributed by atoms with van der Waals surface area (Å²) in [4.78, 5) is 29.0. The number of halogens is 2. The fraction of sp³-hybridized carbons (Fsp3) is 0.474. The predicted molar refractivity (Wildman–Crippen MR) is 181 cm³/mol. The number of hydrogen-bond acceptors (Lipinski definition) is 4. The molecule has 0 aromatic heterocycles. The van der Waals surface area contributed by atoms with Gasteiger partial charge >= 0.3 is 0 Å². The van der Waals surface area contributed by atoms with E-state index in [1.165, 1.54) is 17.7 Å². The van der Waals surface area contributed by atoms with Crippen LogP contribution in [0.15, 0.2) is 78.4 Å². The number of rotatable bonds is 19. The maximum Gasteiger partial charge on any atom is 0.249 e. The molecule has 46 heavy (non-hydrogen) atoms. The van der Waals surface area contributed by atoms with Gasteiger partial charge in [-0.25, -0.2) is 8.78 Å². The van der Waals surface area contributed by atoms with Crippen molar-refractivity contribution in [3.05, 3.63) is 107 Å². The smallest absolute Gasteiger partial charge is 0.249 e. The van der Waals surface area contributed by atoms with Crippen LogP contribution < -0.4 is 11.1 Å². The minimum atomic E-state index is -1.47. The van der Waals surface area contributed by atoms with Crippen LogP contribution >= 0.6 is 0 Å². The number of unbranched alkanes of at least 4 members (excludes halogenated alkanes) is 2. The van der Waals surface area contributed by atoms with Gasteiger partial charge in [-0.2, -0.15) is 0 Å². The number of hydrogen-bond donors (Lipinski definition) is 3. The summed E-state index contributed by atoms with van der Waals surface area (Å²) in [7, 11) is 0. The van der Waals surface area contributed by atoms with Crippen LogP contribution in [0.1, 0.15) is 76.0 Å². The summed E-state index contributed by atoms with van der Waals surface area (Å²) >= 11 is 0. The second-order valence-corrected chi connectivity index (χ2v) is 12.6. The van der Waals surface area contributed by atoms with Crippen molar-refractivity contribution in [2.75, 3.05) is 19.6 Å². The van der Waals surface area contributed by atoms with Gasteiger partial charge in [0.2, 0.25) is 11.8 Å². The molecule has 3 atom stereocenters. The standard InChI is InChI=1S/C38H51F2N3O3/c1-5-8-9-10-12-28-13-11-14-29(18-28)25-42-26-35(44)34(21-30-19-32(39)22-33(40)20-30)38(37(41)46)23-27(4)17-31(24-38)36(45)43(15-6-2)16-7-3/h5,11,13-14,17-20,22-23,34-35,42,44H,1,6-10,12,15-16,21,24-26H2,2-4H3,(H2,41,46)/t34-,35+,38?/m1/s1. The molecule has 0 heterocycles. The fourth-order valence-electron chi connectivity index (χ4n) is 6.58. The zero-order valence-corrected chi connectivity index (χ0v) is 27.7. The Morgan fingerprint density at radius 2 is 1.74 bits per heavy atom. The van der Waals surface area contributed by atoms with Gasteiger partial charge < -0.3 is 21.1 Å². The molecular formula is C38H51F2N3O3. The van der Waals surface area contributed by atoms with Crippen molar-refractivity contribution in [1.82, 2.24) is 10.2 Å². The number of benzene rings is 2. The SMILES string of the molecule is C=CCCCCc1cccc(CNC[C@H](O)[C@@H](Cc2cc(F)cc(F)c2)C2(C(N)=O)C=C(C)C=C(C(=O)N(CCC)CCC)C2)c1. The average Bonchev–Trinajstić information content (AvgIpc) is 3.00. The third kappa shape index (κ3) is 10.2. The highest BCUT2D eigenvalue weighted by molar-refractivity contribution is 5.97. The number of nitrogens with zero attached hydrogens (tertiary/aromatic N) is 1. The Kier molecular flexibility index (Phi) is 14.3. The molecule has 3 rings (SSSR count). The summed E-state index contributed by atoms with van der Waals surface area (Å²) in [6.07, 6.45) is 9.91. The van der Waals surface area contributed by atoms with Gasteiger partial charge in [0.15, 0.2) is 0 Å². The molecule has 1 unspecified atom stereocenters. The second-order valence-electron chi connectivity index (χ2n) is 12.6. The quantitative estimate of drug-likeness (QED) is 0.120. The number of nitrogens with two attached hydrogens (primary N) is 1. The molecule has 250 valence electrons. The molecule has 8 heteroatoms. The zero-order chi connectivity index (χ0) is 33.7. The number of aliphatic hydroxyl groups excluding tert-OH is 1. The first-order valence-electron chi connectivity index (χ1n) is 16.5. The van der Waals surface area contributed by atoms with E-state index < -0.39 is 35.0 Å². The third-order valence-corrected chi connectivity index (χ3v) is 8.68. The largest absolute Gasteiger partial charge is 0.391 e. The number of carbonyl (C=O) groups excluding carboxylic acids is 2. The van der Waals surface area contributed by atoms with Crippen LogP contribution in [-0.2, 0) is 29.0 Å². The van der Waals surface area contributed by atoms with Crippen LogP contribution in [0, 0.1) is 23.0 Å². The zero-order valence-electron chi connectivity index (χ0n) is 27.7. The minimum Gasteiger partial charge on any atom is -0.391 e. The van der Waals surface area contributed by atoms with E-state index >= 15 is 0 Å². The first-order chi connectivity index (χ1) is 22.0. The van der Waals surface area contributed by atoms with Crippen LogP contribution in [-0.4, -0.2) is 47.6 Å². The van der Waals surface area contributed by atoms with Crippen molar-refractivity contribution < 1.29 is 23.5 Å². The van der Waals surface area contributed by atoms with Crippen LogP contribution in [0.3, 0.4) is 0 Å². The summed E-state index contributed by atoms with van der Waals surface area (Å²) in [5.74, 6) is -3.26. The Morgan fingerprint density at radius 1 is 1.07 bits per heavy atom. The highest BCUT2D eigenvalue weighted by Crippen LogP contribution is 2.44. The van der Waals surface area contributed by atoms with Gasteiger partial charge in [-0.05, 0) is 87.1 Å². The highest BCUT2D eigenvalue weighted by Gasteiger charge is 2.48. The van der Waals surface area contributed by atoms with Gasteiger partial charge in [-0.1, -0.05) is 61.9 Å². The number of amides is 2. The topological polar surface area (TPSA) is 95.7 Å². The number of carbonyl (C=O) groups is 2. The van der Waals surface area contributed by atoms with E-state index in [4.69, 9.17) is 5.73 Å². The van der Waals surface area contributed by atoms with Crippen molar-refractivity contribution in [2.24, 2.45) is 17.1 Å². The Balaban J connectivity index is 1.90. The van der Waals surface area contributed by atoms with E-state index in [9.17, 15) is 23.5 Å². The lowest BCUT2D eigenvalue weighted by Crippen LogP contribution is -2.51. The summed E-state index contributed by atoms with van der Waals surface area (Å²) in [5, 5.41) is 15.1. The summed E-state index contributed by atoms with van der Waals surface area (Å²) in [5.41, 5.74) is 8.35. The molecule has 4 N–H and O–H groups in total. The van der Waals surface area contributed by atoms with Crippen LogP contribution in [0.5, 0.6) is 0 Å². The maximum absolute atomic E-state index is 14.3. The second kappa shape index (κ2) is 17.9. The van der Waals surface area contributed by atoms with E-state index in [-0.39, 0.29) is 25.3 Å². The molecule has 0 fully saturated rings. The highest BCUT2D eigenvalue weighted by atomic mass is 19.1. The molecule has 0 saturated carbocycles. The van der Waals surface area contributed by atoms with Gasteiger partial charge in [-0.15, -0.1) is 6.58 Å². The Morgan fingerprint density at radius 3 is 2.37 bits per heavy atom. The summed E-state index contributed by atoms with van der Waals surface area (Å²) in [6, 6.07) is 11.5. The van der Waals surface area contributed by atoms with Crippen molar-refractivity contribution in [3.63, 3.8) is 0 Å². The van der Waals surface area contributed by atoms with Crippen LogP contribution in [0.2, 0.25) is 0 Å². The number of aryl methyl sites for hydroxylation is 1. The minimum absolute atomic E-state index is 0.0180. The van der Waals surface area contributed by atoms with E-state index in [2.05, 4.69) is 24.0 Å². The summed E-state index contributed by atoms with van der Waals surface area (Å²) in [6.45, 7) is 11.3. The predicted octanol–water partition coefficient (Wildman–Crippen LogP) is 6.57. The van der Waals surface area contributed by atoms with Gasteiger partial charge in [0.05, 0.1) is 11.5 Å². The van der Waals surface area contributed by atoms with Gasteiger partial charge in [-0.3, -0.25) is 9.59 Å². The average molecular weight is 636 g/mol. The molecule has 0 aliphatic heterocycles. The first kappa shape index (κ1) is 36.8. The number of primary amides is 1. The lowest BCUT2D eigenvalue weighted by molar-refractivity contribution is -0.132. The Labute approximate surface area is 273 Å². The molecule has 0 bridgehead atoms. The normalized spacial score (nSPS) is 17.5. The van der Waals surface area contributed by atoms with Crippen molar-refractivity contribution in [3.8, 4) is 0 Å². The fourth-order valence-corrected chi connectivity index (χ4v) is 6.58.